The summed E-state index contributed by atoms with van der Waals surface area (Å²) >= 11 is 7.18. The van der Waals surface area contributed by atoms with Gasteiger partial charge in [-0.15, -0.1) is 0 Å². The molecule has 1 fully saturated rings. The fourth-order valence-electron chi connectivity index (χ4n) is 2.55. The average Bonchev–Trinajstić information content (AvgIpc) is 3.02. The van der Waals surface area contributed by atoms with Crippen molar-refractivity contribution >= 4 is 51.9 Å². The van der Waals surface area contributed by atoms with E-state index in [1.807, 2.05) is 13.0 Å². The number of methoxy groups -OCH3 is 2. The Morgan fingerprint density at radius 1 is 1.21 bits per heavy atom. The maximum absolute atomic E-state index is 12.3. The van der Waals surface area contributed by atoms with Crippen LogP contribution in [0, 0.1) is 17.0 Å². The Morgan fingerprint density at radius 2 is 1.90 bits per heavy atom. The molecule has 2 aromatic carbocycles. The minimum absolute atomic E-state index is 0.209. The molecule has 2 aromatic rings. The zero-order valence-corrected chi connectivity index (χ0v) is 17.3. The van der Waals surface area contributed by atoms with E-state index in [9.17, 15) is 14.9 Å². The van der Waals surface area contributed by atoms with Gasteiger partial charge in [-0.25, -0.2) is 4.99 Å². The number of aryl methyl sites for hydroxylation is 1. The lowest BCUT2D eigenvalue weighted by atomic mass is 10.1. The number of benzene rings is 2. The van der Waals surface area contributed by atoms with Gasteiger partial charge in [-0.05, 0) is 48.5 Å². The number of nitro benzene ring substituents is 1. The van der Waals surface area contributed by atoms with Crippen molar-refractivity contribution in [1.82, 2.24) is 5.32 Å². The van der Waals surface area contributed by atoms with Gasteiger partial charge in [0, 0.05) is 5.02 Å². The van der Waals surface area contributed by atoms with Crippen LogP contribution in [0.2, 0.25) is 5.02 Å². The predicted octanol–water partition coefficient (Wildman–Crippen LogP) is 4.47. The summed E-state index contributed by atoms with van der Waals surface area (Å²) in [6.45, 7) is 1.88. The first-order chi connectivity index (χ1) is 13.8. The van der Waals surface area contributed by atoms with Crippen molar-refractivity contribution in [3.8, 4) is 11.5 Å². The lowest BCUT2D eigenvalue weighted by molar-refractivity contribution is -0.385. The van der Waals surface area contributed by atoms with Gasteiger partial charge in [-0.1, -0.05) is 17.7 Å². The van der Waals surface area contributed by atoms with E-state index in [4.69, 9.17) is 21.1 Å². The zero-order chi connectivity index (χ0) is 21.1. The summed E-state index contributed by atoms with van der Waals surface area (Å²) in [6.07, 6.45) is 1.42. The van der Waals surface area contributed by atoms with Crippen LogP contribution < -0.4 is 14.8 Å². The van der Waals surface area contributed by atoms with Crippen LogP contribution in [0.1, 0.15) is 11.1 Å². The van der Waals surface area contributed by atoms with E-state index in [2.05, 4.69) is 10.3 Å². The number of amidine groups is 1. The summed E-state index contributed by atoms with van der Waals surface area (Å²) in [5.41, 5.74) is 1.51. The highest BCUT2D eigenvalue weighted by molar-refractivity contribution is 8.18. The lowest BCUT2D eigenvalue weighted by Crippen LogP contribution is -2.19. The van der Waals surface area contributed by atoms with Crippen molar-refractivity contribution in [3.05, 3.63) is 61.5 Å². The summed E-state index contributed by atoms with van der Waals surface area (Å²) in [7, 11) is 2.81. The summed E-state index contributed by atoms with van der Waals surface area (Å²) in [5.74, 6) is 0.135. The van der Waals surface area contributed by atoms with Crippen LogP contribution in [0.5, 0.6) is 11.5 Å². The minimum atomic E-state index is -0.546. The summed E-state index contributed by atoms with van der Waals surface area (Å²) < 4.78 is 10.3. The van der Waals surface area contributed by atoms with Crippen molar-refractivity contribution in [2.45, 2.75) is 6.92 Å². The number of nitrogens with one attached hydrogen (secondary N) is 1. The van der Waals surface area contributed by atoms with Gasteiger partial charge in [0.15, 0.2) is 16.7 Å². The van der Waals surface area contributed by atoms with Gasteiger partial charge in [0.25, 0.3) is 11.6 Å². The number of aliphatic imine (C=N–C) groups is 1. The van der Waals surface area contributed by atoms with E-state index in [0.29, 0.717) is 21.6 Å². The molecule has 0 aliphatic carbocycles. The normalized spacial score (nSPS) is 16.2. The largest absolute Gasteiger partial charge is 0.493 e. The molecule has 0 radical (unpaired) electrons. The van der Waals surface area contributed by atoms with Crippen molar-refractivity contribution in [1.29, 1.82) is 0 Å². The number of rotatable bonds is 5. The molecule has 1 aliphatic heterocycles. The molecule has 0 unspecified atom stereocenters. The maximum Gasteiger partial charge on any atom is 0.280 e. The molecule has 29 heavy (non-hydrogen) atoms. The van der Waals surface area contributed by atoms with E-state index in [1.165, 1.54) is 32.4 Å². The van der Waals surface area contributed by atoms with Crippen molar-refractivity contribution in [2.24, 2.45) is 4.99 Å². The number of hydrogen-bond donors (Lipinski definition) is 1. The second-order valence-electron chi connectivity index (χ2n) is 5.94. The molecule has 0 aromatic heterocycles. The Bertz CT molecular complexity index is 1070. The molecule has 0 spiro atoms. The number of nitro groups is 1. The first kappa shape index (κ1) is 20.7. The minimum Gasteiger partial charge on any atom is -0.493 e. The highest BCUT2D eigenvalue weighted by Gasteiger charge is 2.26. The number of carbonyl (C=O) groups excluding carboxylic acids is 1. The van der Waals surface area contributed by atoms with Gasteiger partial charge in [-0.3, -0.25) is 14.9 Å². The first-order valence-electron chi connectivity index (χ1n) is 8.28. The van der Waals surface area contributed by atoms with Crippen LogP contribution in [-0.4, -0.2) is 30.2 Å². The van der Waals surface area contributed by atoms with Gasteiger partial charge < -0.3 is 14.8 Å². The number of hydrogen-bond acceptors (Lipinski definition) is 7. The molecule has 1 N–H and O–H groups in total. The average molecular weight is 434 g/mol. The summed E-state index contributed by atoms with van der Waals surface area (Å²) in [6, 6.07) is 8.00. The smallest absolute Gasteiger partial charge is 0.280 e. The van der Waals surface area contributed by atoms with Gasteiger partial charge >= 0.3 is 0 Å². The van der Waals surface area contributed by atoms with Crippen LogP contribution >= 0.6 is 23.4 Å². The first-order valence-corrected chi connectivity index (χ1v) is 9.48. The standard InChI is InChI=1S/C19H16ClN3O5S/c1-10-4-5-12(8-13(10)20)21-19-22-18(24)17(29-19)7-11-6-15(27-2)16(28-3)9-14(11)23(25)26/h4-9H,1-3H3,(H,21,22,24). The quantitative estimate of drug-likeness (QED) is 0.424. The van der Waals surface area contributed by atoms with E-state index in [1.54, 1.807) is 12.1 Å². The Hall–Kier alpha value is -3.04. The highest BCUT2D eigenvalue weighted by atomic mass is 35.5. The van der Waals surface area contributed by atoms with Gasteiger partial charge in [0.2, 0.25) is 0 Å². The molecule has 0 bridgehead atoms. The number of halogens is 1. The molecule has 1 amide bonds. The third kappa shape index (κ3) is 4.52. The number of ether oxygens (including phenoxy) is 2. The molecule has 1 heterocycles. The van der Waals surface area contributed by atoms with Crippen molar-refractivity contribution < 1.29 is 19.2 Å². The van der Waals surface area contributed by atoms with Crippen LogP contribution in [0.15, 0.2) is 40.2 Å². The van der Waals surface area contributed by atoms with E-state index >= 15 is 0 Å². The summed E-state index contributed by atoms with van der Waals surface area (Å²) in [5, 5.41) is 15.0. The second kappa shape index (κ2) is 8.54. The fourth-order valence-corrected chi connectivity index (χ4v) is 3.56. The Balaban J connectivity index is 1.96. The van der Waals surface area contributed by atoms with E-state index in [-0.39, 0.29) is 21.9 Å². The van der Waals surface area contributed by atoms with Crippen molar-refractivity contribution in [2.75, 3.05) is 14.2 Å². The molecular formula is C19H16ClN3O5S. The summed E-state index contributed by atoms with van der Waals surface area (Å²) in [4.78, 5) is 27.9. The molecule has 1 saturated heterocycles. The Kier molecular flexibility index (Phi) is 6.09. The number of nitrogens with zero attached hydrogens (tertiary/aromatic N) is 2. The molecule has 3 rings (SSSR count). The van der Waals surface area contributed by atoms with Gasteiger partial charge in [0.05, 0.1) is 41.4 Å². The van der Waals surface area contributed by atoms with Gasteiger partial charge in [-0.2, -0.15) is 0 Å². The molecule has 0 saturated carbocycles. The second-order valence-corrected chi connectivity index (χ2v) is 7.38. The zero-order valence-electron chi connectivity index (χ0n) is 15.7. The highest BCUT2D eigenvalue weighted by Crippen LogP contribution is 2.37. The number of amides is 1. The number of carbonyl (C=O) groups is 1. The topological polar surface area (TPSA) is 103 Å². The van der Waals surface area contributed by atoms with Crippen LogP contribution in [-0.2, 0) is 4.79 Å². The van der Waals surface area contributed by atoms with Crippen molar-refractivity contribution in [3.63, 3.8) is 0 Å². The fraction of sp³-hybridized carbons (Fsp3) is 0.158. The molecule has 0 atom stereocenters. The molecule has 150 valence electrons. The van der Waals surface area contributed by atoms with Crippen LogP contribution in [0.25, 0.3) is 6.08 Å². The third-order valence-corrected chi connectivity index (χ3v) is 5.37. The molecule has 8 nitrogen and oxygen atoms in total. The SMILES string of the molecule is COc1cc(C=C2SC(=Nc3ccc(C)c(Cl)c3)NC2=O)c([N+](=O)[O-])cc1OC. The molecular weight excluding hydrogens is 418 g/mol. The van der Waals surface area contributed by atoms with Crippen LogP contribution in [0.3, 0.4) is 0 Å². The Morgan fingerprint density at radius 3 is 2.52 bits per heavy atom. The lowest BCUT2D eigenvalue weighted by Gasteiger charge is -2.08. The monoisotopic (exact) mass is 433 g/mol. The third-order valence-electron chi connectivity index (χ3n) is 4.05. The maximum atomic E-state index is 12.3. The Labute approximate surface area is 175 Å². The molecule has 1 aliphatic rings. The molecule has 10 heteroatoms. The van der Waals surface area contributed by atoms with E-state index in [0.717, 1.165) is 17.3 Å². The predicted molar refractivity (Wildman–Crippen MR) is 113 cm³/mol. The number of thioether (sulfide) groups is 1. The van der Waals surface area contributed by atoms with Gasteiger partial charge in [0.1, 0.15) is 0 Å². The van der Waals surface area contributed by atoms with E-state index < -0.39 is 10.8 Å². The van der Waals surface area contributed by atoms with Crippen LogP contribution in [0.4, 0.5) is 11.4 Å².